The third-order valence-corrected chi connectivity index (χ3v) is 5.40. The monoisotopic (exact) mass is 492 g/mol. The Bertz CT molecular complexity index is 1170. The number of unbranched alkanes of at least 4 members (excludes halogenated alkanes) is 1. The molecule has 162 valence electrons. The largest absolute Gasteiger partial charge is 0.313 e. The maximum Gasteiger partial charge on any atom is 0.313 e. The Morgan fingerprint density at radius 2 is 1.94 bits per heavy atom. The summed E-state index contributed by atoms with van der Waals surface area (Å²) in [6, 6.07) is 18.3. The minimum atomic E-state index is -0.533. The van der Waals surface area contributed by atoms with Gasteiger partial charge in [-0.05, 0) is 45.1 Å². The van der Waals surface area contributed by atoms with Crippen molar-refractivity contribution in [2.75, 3.05) is 4.90 Å². The Morgan fingerprint density at radius 3 is 2.59 bits per heavy atom. The summed E-state index contributed by atoms with van der Waals surface area (Å²) in [6.45, 7) is 2.13. The molecule has 0 spiro atoms. The summed E-state index contributed by atoms with van der Waals surface area (Å²) < 4.78 is 0.467. The molecule has 1 aromatic heterocycles. The Balaban J connectivity index is 1.95. The highest BCUT2D eigenvalue weighted by atomic mass is 79.9. The van der Waals surface area contributed by atoms with Crippen molar-refractivity contribution in [3.8, 4) is 17.2 Å². The Labute approximate surface area is 194 Å². The van der Waals surface area contributed by atoms with Crippen LogP contribution in [0.1, 0.15) is 37.3 Å². The number of pyridine rings is 1. The van der Waals surface area contributed by atoms with Gasteiger partial charge in [-0.2, -0.15) is 5.26 Å². The van der Waals surface area contributed by atoms with Gasteiger partial charge in [0.15, 0.2) is 0 Å². The van der Waals surface area contributed by atoms with E-state index >= 15 is 0 Å². The topological polar surface area (TPSA) is 100 Å². The summed E-state index contributed by atoms with van der Waals surface area (Å²) in [5, 5.41) is 21.0. The van der Waals surface area contributed by atoms with E-state index in [-0.39, 0.29) is 30.4 Å². The summed E-state index contributed by atoms with van der Waals surface area (Å²) in [5.74, 6) is -0.193. The zero-order valence-electron chi connectivity index (χ0n) is 17.5. The molecule has 2 aromatic carbocycles. The van der Waals surface area contributed by atoms with E-state index < -0.39 is 4.92 Å². The van der Waals surface area contributed by atoms with Crippen molar-refractivity contribution in [3.63, 3.8) is 0 Å². The summed E-state index contributed by atoms with van der Waals surface area (Å²) in [4.78, 5) is 29.6. The number of aromatic nitrogens is 1. The lowest BCUT2D eigenvalue weighted by molar-refractivity contribution is -0.384. The van der Waals surface area contributed by atoms with Crippen LogP contribution in [0.4, 0.5) is 11.5 Å². The molecule has 32 heavy (non-hydrogen) atoms. The zero-order valence-corrected chi connectivity index (χ0v) is 19.1. The van der Waals surface area contributed by atoms with E-state index in [0.717, 1.165) is 23.1 Å². The lowest BCUT2D eigenvalue weighted by atomic mass is 9.99. The number of amides is 1. The second-order valence-corrected chi connectivity index (χ2v) is 8.11. The van der Waals surface area contributed by atoms with Gasteiger partial charge >= 0.3 is 5.69 Å². The van der Waals surface area contributed by atoms with Gasteiger partial charge in [-0.3, -0.25) is 19.8 Å². The predicted octanol–water partition coefficient (Wildman–Crippen LogP) is 6.01. The van der Waals surface area contributed by atoms with E-state index in [0.29, 0.717) is 16.5 Å². The number of benzene rings is 2. The maximum absolute atomic E-state index is 13.0. The SMILES string of the molecule is CCCCC(=O)N(Cc1ccc(-c2ccccc2C#N)cc1)c1ncc(Br)cc1[N+](=O)[O-]. The van der Waals surface area contributed by atoms with Crippen LogP contribution in [-0.2, 0) is 11.3 Å². The van der Waals surface area contributed by atoms with Crippen LogP contribution in [0.5, 0.6) is 0 Å². The van der Waals surface area contributed by atoms with Gasteiger partial charge in [-0.25, -0.2) is 4.98 Å². The first-order valence-corrected chi connectivity index (χ1v) is 10.9. The molecule has 0 atom stereocenters. The Hall–Kier alpha value is -3.57. The fourth-order valence-electron chi connectivity index (χ4n) is 3.31. The Morgan fingerprint density at radius 1 is 1.22 bits per heavy atom. The molecule has 3 aromatic rings. The molecule has 0 fully saturated rings. The van der Waals surface area contributed by atoms with Crippen LogP contribution in [0.3, 0.4) is 0 Å². The smallest absolute Gasteiger partial charge is 0.287 e. The van der Waals surface area contributed by atoms with E-state index in [1.807, 2.05) is 49.4 Å². The van der Waals surface area contributed by atoms with Gasteiger partial charge in [0.25, 0.3) is 0 Å². The normalized spacial score (nSPS) is 10.4. The minimum Gasteiger partial charge on any atom is -0.287 e. The van der Waals surface area contributed by atoms with Gasteiger partial charge in [-0.1, -0.05) is 55.8 Å². The van der Waals surface area contributed by atoms with Gasteiger partial charge in [0.2, 0.25) is 11.7 Å². The number of anilines is 1. The third kappa shape index (κ3) is 5.37. The van der Waals surface area contributed by atoms with Crippen molar-refractivity contribution < 1.29 is 9.72 Å². The quantitative estimate of drug-likeness (QED) is 0.282. The van der Waals surface area contributed by atoms with Gasteiger partial charge in [0, 0.05) is 23.2 Å². The highest BCUT2D eigenvalue weighted by molar-refractivity contribution is 9.10. The molecule has 1 amide bonds. The zero-order chi connectivity index (χ0) is 23.1. The van der Waals surface area contributed by atoms with Crippen LogP contribution in [0.15, 0.2) is 65.3 Å². The summed E-state index contributed by atoms with van der Waals surface area (Å²) >= 11 is 3.21. The van der Waals surface area contributed by atoms with E-state index in [1.165, 1.54) is 17.2 Å². The van der Waals surface area contributed by atoms with Gasteiger partial charge in [0.05, 0.1) is 23.1 Å². The fraction of sp³-hybridized carbons (Fsp3) is 0.208. The number of rotatable bonds is 8. The van der Waals surface area contributed by atoms with Crippen LogP contribution in [0, 0.1) is 21.4 Å². The predicted molar refractivity (Wildman–Crippen MR) is 126 cm³/mol. The summed E-state index contributed by atoms with van der Waals surface area (Å²) in [7, 11) is 0. The molecule has 0 unspecified atom stereocenters. The van der Waals surface area contributed by atoms with Crippen molar-refractivity contribution >= 4 is 33.3 Å². The van der Waals surface area contributed by atoms with Crippen LogP contribution in [0.25, 0.3) is 11.1 Å². The molecule has 0 aliphatic carbocycles. The highest BCUT2D eigenvalue weighted by Gasteiger charge is 2.26. The third-order valence-electron chi connectivity index (χ3n) is 4.96. The van der Waals surface area contributed by atoms with Crippen molar-refractivity contribution in [2.45, 2.75) is 32.7 Å². The number of nitro groups is 1. The molecule has 0 saturated carbocycles. The molecule has 8 heteroatoms. The summed E-state index contributed by atoms with van der Waals surface area (Å²) in [5.41, 5.74) is 2.84. The maximum atomic E-state index is 13.0. The first-order valence-electron chi connectivity index (χ1n) is 10.1. The van der Waals surface area contributed by atoms with Gasteiger partial charge < -0.3 is 0 Å². The number of carbonyl (C=O) groups excluding carboxylic acids is 1. The second kappa shape index (κ2) is 10.6. The van der Waals surface area contributed by atoms with Crippen molar-refractivity contribution in [2.24, 2.45) is 0 Å². The van der Waals surface area contributed by atoms with Crippen LogP contribution < -0.4 is 4.90 Å². The first-order chi connectivity index (χ1) is 15.4. The van der Waals surface area contributed by atoms with Crippen LogP contribution in [0.2, 0.25) is 0 Å². The fourth-order valence-corrected chi connectivity index (χ4v) is 3.63. The van der Waals surface area contributed by atoms with E-state index in [4.69, 9.17) is 0 Å². The number of hydrogen-bond acceptors (Lipinski definition) is 5. The average molecular weight is 493 g/mol. The molecule has 0 saturated heterocycles. The lowest BCUT2D eigenvalue weighted by Crippen LogP contribution is -2.31. The molecule has 3 rings (SSSR count). The van der Waals surface area contributed by atoms with Crippen molar-refractivity contribution in [3.05, 3.63) is 86.5 Å². The second-order valence-electron chi connectivity index (χ2n) is 7.19. The van der Waals surface area contributed by atoms with Gasteiger partial charge in [0.1, 0.15) is 0 Å². The number of halogens is 1. The molecule has 0 aliphatic rings. The summed E-state index contributed by atoms with van der Waals surface area (Å²) in [6.07, 6.45) is 3.25. The molecular weight excluding hydrogens is 472 g/mol. The minimum absolute atomic E-state index is 0.0261. The van der Waals surface area contributed by atoms with E-state index in [1.54, 1.807) is 6.07 Å². The lowest BCUT2D eigenvalue weighted by Gasteiger charge is -2.22. The highest BCUT2D eigenvalue weighted by Crippen LogP contribution is 2.31. The molecule has 7 nitrogen and oxygen atoms in total. The van der Waals surface area contributed by atoms with Crippen molar-refractivity contribution in [1.29, 1.82) is 5.26 Å². The van der Waals surface area contributed by atoms with Crippen LogP contribution >= 0.6 is 15.9 Å². The first kappa shape index (κ1) is 23.1. The van der Waals surface area contributed by atoms with E-state index in [2.05, 4.69) is 27.0 Å². The molecule has 1 heterocycles. The van der Waals surface area contributed by atoms with Crippen molar-refractivity contribution in [1.82, 2.24) is 4.98 Å². The molecular formula is C24H21BrN4O3. The number of carbonyl (C=O) groups is 1. The number of hydrogen-bond donors (Lipinski definition) is 0. The van der Waals surface area contributed by atoms with Gasteiger partial charge in [-0.15, -0.1) is 0 Å². The number of nitriles is 1. The molecule has 0 bridgehead atoms. The molecule has 0 N–H and O–H groups in total. The molecule has 0 radical (unpaired) electrons. The Kier molecular flexibility index (Phi) is 7.68. The van der Waals surface area contributed by atoms with E-state index in [9.17, 15) is 20.2 Å². The average Bonchev–Trinajstić information content (AvgIpc) is 2.81. The standard InChI is InChI=1S/C24H21BrN4O3/c1-2-3-8-23(30)28(24-22(29(31)32)13-20(25)15-27-24)16-17-9-11-18(12-10-17)21-7-5-4-6-19(21)14-26/h4-7,9-13,15H,2-3,8,16H2,1H3. The number of nitrogens with zero attached hydrogens (tertiary/aromatic N) is 4. The van der Waals surface area contributed by atoms with Crippen LogP contribution in [-0.4, -0.2) is 15.8 Å². The molecule has 0 aliphatic heterocycles.